The van der Waals surface area contributed by atoms with Crippen LogP contribution in [0.5, 0.6) is 0 Å². The van der Waals surface area contributed by atoms with Gasteiger partial charge in [0.15, 0.2) is 0 Å². The molecule has 11 heteroatoms. The third-order valence-electron chi connectivity index (χ3n) is 0. The van der Waals surface area contributed by atoms with Gasteiger partial charge in [-0.25, -0.2) is 0 Å². The maximum Gasteiger partial charge on any atom is 2.00 e. The molecule has 64 valence electrons. The Morgan fingerprint density at radius 2 is 0.833 bits per heavy atom. The van der Waals surface area contributed by atoms with Gasteiger partial charge in [-0.15, -0.1) is 0 Å². The Morgan fingerprint density at radius 1 is 0.833 bits per heavy atom. The fraction of sp³-hybridized carbons (Fsp3) is 0. The molecule has 0 aromatic carbocycles. The second-order valence-electron chi connectivity index (χ2n) is 0.250. The molecule has 0 bridgehead atoms. The van der Waals surface area contributed by atoms with Crippen LogP contribution < -0.4 is 10.2 Å². The standard InChI is InChI=1S/CH2O3.3H2O.2O.3Zn/c2-1(3)4;;;;;;;;/h(H2,2,3,4);3*1H2;;;;;/q;;;;;;;;+2/p-2. The minimum atomic E-state index is -2.33. The molecule has 12 heavy (non-hydrogen) atoms. The van der Waals surface area contributed by atoms with E-state index in [2.05, 4.69) is 0 Å². The Kier molecular flexibility index (Phi) is 450. The summed E-state index contributed by atoms with van der Waals surface area (Å²) in [7, 11) is 0. The summed E-state index contributed by atoms with van der Waals surface area (Å²) in [4.78, 5) is 8.33. The van der Waals surface area contributed by atoms with Crippen LogP contribution in [0.2, 0.25) is 0 Å². The number of carbonyl (C=O) groups is 1. The van der Waals surface area contributed by atoms with Gasteiger partial charge < -0.3 is 31.4 Å². The van der Waals surface area contributed by atoms with Gasteiger partial charge in [0.25, 0.3) is 0 Å². The summed E-state index contributed by atoms with van der Waals surface area (Å²) in [6, 6.07) is 0. The first-order valence-electron chi connectivity index (χ1n) is 1.19. The largest absolute Gasteiger partial charge is 2.00 e. The minimum Gasteiger partial charge on any atom is 2.00 e. The van der Waals surface area contributed by atoms with E-state index in [9.17, 15) is 0 Å². The fourth-order valence-corrected chi connectivity index (χ4v) is 0. The van der Waals surface area contributed by atoms with E-state index in [1.807, 2.05) is 0 Å². The van der Waals surface area contributed by atoms with Crippen molar-refractivity contribution in [3.05, 3.63) is 0 Å². The molecular weight excluding hydrogens is 336 g/mol. The van der Waals surface area contributed by atoms with E-state index in [0.29, 0.717) is 0 Å². The molecule has 0 aliphatic rings. The molecule has 0 atom stereocenters. The van der Waals surface area contributed by atoms with Gasteiger partial charge in [0.05, 0.1) is 0 Å². The molecule has 0 spiro atoms. The zero-order valence-corrected chi connectivity index (χ0v) is 15.1. The molecule has 0 heterocycles. The molecule has 0 amide bonds. The van der Waals surface area contributed by atoms with Gasteiger partial charge in [-0.1, -0.05) is 0 Å². The van der Waals surface area contributed by atoms with E-state index in [0.717, 1.165) is 0 Å². The summed E-state index contributed by atoms with van der Waals surface area (Å²) >= 11 is 0.250. The molecule has 0 saturated carbocycles. The Hall–Kier alpha value is 0.620. The Morgan fingerprint density at radius 3 is 0.833 bits per heavy atom. The smallest absolute Gasteiger partial charge is 2.00 e. The average Bonchev–Trinajstić information content (AvgIpc) is 1.75. The summed E-state index contributed by atoms with van der Waals surface area (Å²) in [6.07, 6.45) is -2.33. The van der Waals surface area contributed by atoms with Crippen molar-refractivity contribution in [2.45, 2.75) is 0 Å². The SMILES string of the molecule is O.O.O.O=C([O-])[O-].[O]=[Zn].[O]=[Zn].[Zn+2]. The quantitative estimate of drug-likeness (QED) is 0.396. The zero-order valence-electron chi connectivity index (χ0n) is 6.16. The molecule has 0 radical (unpaired) electrons. The monoisotopic (exact) mass is 338 g/mol. The predicted octanol–water partition coefficient (Wildman–Crippen LogP) is -5.17. The predicted molar refractivity (Wildman–Crippen MR) is 17.6 cm³/mol. The van der Waals surface area contributed by atoms with E-state index in [4.69, 9.17) is 22.2 Å². The van der Waals surface area contributed by atoms with Gasteiger partial charge in [-0.05, 0) is 6.16 Å². The molecule has 0 unspecified atom stereocenters. The van der Waals surface area contributed by atoms with Gasteiger partial charge >= 0.3 is 63.1 Å². The molecule has 6 N–H and O–H groups in total. The zero-order chi connectivity index (χ0) is 7.58. The van der Waals surface area contributed by atoms with E-state index >= 15 is 0 Å². The van der Waals surface area contributed by atoms with Gasteiger partial charge in [-0.3, -0.25) is 0 Å². The van der Waals surface area contributed by atoms with Gasteiger partial charge in [0.1, 0.15) is 0 Å². The molecule has 0 aromatic rings. The topological polar surface area (TPSA) is 192 Å². The fourth-order valence-electron chi connectivity index (χ4n) is 0. The van der Waals surface area contributed by atoms with Gasteiger partial charge in [-0.2, -0.15) is 0 Å². The first-order chi connectivity index (χ1) is 3.73. The van der Waals surface area contributed by atoms with Crippen LogP contribution in [0, 0.1) is 0 Å². The van der Waals surface area contributed by atoms with Crippen molar-refractivity contribution in [3.63, 3.8) is 0 Å². The number of hydrogen-bond donors (Lipinski definition) is 0. The molecule has 0 rings (SSSR count). The summed E-state index contributed by atoms with van der Waals surface area (Å²) < 4.78 is 16.8. The van der Waals surface area contributed by atoms with E-state index in [-0.39, 0.29) is 72.4 Å². The first kappa shape index (κ1) is 54.0. The van der Waals surface area contributed by atoms with Crippen molar-refractivity contribution in [3.8, 4) is 0 Å². The summed E-state index contributed by atoms with van der Waals surface area (Å²) in [5.41, 5.74) is 0. The van der Waals surface area contributed by atoms with Crippen molar-refractivity contribution >= 4 is 6.16 Å². The second-order valence-corrected chi connectivity index (χ2v) is 0.250. The number of hydrogen-bond acceptors (Lipinski definition) is 5. The summed E-state index contributed by atoms with van der Waals surface area (Å²) in [6.45, 7) is 0. The molecule has 0 aliphatic heterocycles. The summed E-state index contributed by atoms with van der Waals surface area (Å²) in [5.74, 6) is 0. The second kappa shape index (κ2) is 100. The molecule has 8 nitrogen and oxygen atoms in total. The van der Waals surface area contributed by atoms with Crippen LogP contribution in [0.1, 0.15) is 0 Å². The van der Waals surface area contributed by atoms with Gasteiger partial charge in [0, 0.05) is 0 Å². The number of carbonyl (C=O) groups excluding carboxylic acids is 1. The van der Waals surface area contributed by atoms with Crippen LogP contribution in [0.15, 0.2) is 0 Å². The van der Waals surface area contributed by atoms with Gasteiger partial charge in [0.2, 0.25) is 0 Å². The molecule has 0 aliphatic carbocycles. The Bertz CT molecular complexity index is 52.3. The van der Waals surface area contributed by atoms with E-state index in [1.165, 1.54) is 0 Å². The van der Waals surface area contributed by atoms with Crippen LogP contribution >= 0.6 is 0 Å². The van der Waals surface area contributed by atoms with Crippen molar-refractivity contribution in [2.75, 3.05) is 0 Å². The molecule has 0 saturated heterocycles. The maximum absolute atomic E-state index is 8.38. The van der Waals surface area contributed by atoms with Crippen LogP contribution in [0.25, 0.3) is 0 Å². The molecule has 0 fully saturated rings. The minimum absolute atomic E-state index is 0. The third-order valence-corrected chi connectivity index (χ3v) is 0. The normalized spacial score (nSPS) is 3.00. The Labute approximate surface area is 100 Å². The third kappa shape index (κ3) is 2560. The van der Waals surface area contributed by atoms with Crippen molar-refractivity contribution in [1.29, 1.82) is 0 Å². The van der Waals surface area contributed by atoms with E-state index in [1.54, 1.807) is 0 Å². The van der Waals surface area contributed by atoms with Crippen molar-refractivity contribution in [1.82, 2.24) is 0 Å². The molecule has 0 aromatic heterocycles. The first-order valence-corrected chi connectivity index (χ1v) is 3.61. The van der Waals surface area contributed by atoms with Crippen LogP contribution in [0.4, 0.5) is 4.79 Å². The average molecular weight is 342 g/mol. The number of rotatable bonds is 0. The van der Waals surface area contributed by atoms with Crippen LogP contribution in [0.3, 0.4) is 0 Å². The van der Waals surface area contributed by atoms with Crippen LogP contribution in [-0.2, 0) is 63.1 Å². The van der Waals surface area contributed by atoms with Crippen molar-refractivity contribution < 1.29 is 94.6 Å². The summed E-state index contributed by atoms with van der Waals surface area (Å²) in [5, 5.41) is 16.7. The number of carboxylic acid groups (broad SMARTS) is 2. The Balaban J connectivity index is -0.00000000575. The maximum atomic E-state index is 8.38. The molecular formula is CH6O8Zn3. The van der Waals surface area contributed by atoms with Crippen LogP contribution in [-0.4, -0.2) is 22.6 Å². The van der Waals surface area contributed by atoms with E-state index < -0.39 is 6.16 Å². The van der Waals surface area contributed by atoms with Crippen molar-refractivity contribution in [2.24, 2.45) is 0 Å².